The Hall–Kier alpha value is -1.14. The average Bonchev–Trinajstić information content (AvgIpc) is 2.27. The molecule has 0 fully saturated rings. The lowest BCUT2D eigenvalue weighted by Gasteiger charge is -2.11. The molecule has 0 radical (unpaired) electrons. The molecule has 0 aromatic carbocycles. The first-order chi connectivity index (χ1) is 8.47. The Morgan fingerprint density at radius 1 is 1.44 bits per heavy atom. The molecule has 0 saturated heterocycles. The number of carboxylic acid groups (broad SMARTS) is 1. The quantitative estimate of drug-likeness (QED) is 0.486. The highest BCUT2D eigenvalue weighted by Crippen LogP contribution is 2.24. The molecule has 6 heteroatoms. The van der Waals surface area contributed by atoms with Gasteiger partial charge in [-0.2, -0.15) is 0 Å². The molecular weight excluding hydrogens is 252 g/mol. The molecule has 0 aliphatic rings. The fourth-order valence-corrected chi connectivity index (χ4v) is 2.38. The van der Waals surface area contributed by atoms with Crippen LogP contribution in [-0.4, -0.2) is 40.5 Å². The smallest absolute Gasteiger partial charge is 0.340 e. The van der Waals surface area contributed by atoms with Gasteiger partial charge in [-0.05, 0) is 6.92 Å². The van der Waals surface area contributed by atoms with Crippen LogP contribution in [0.3, 0.4) is 0 Å². The third-order valence-electron chi connectivity index (χ3n) is 2.33. The fourth-order valence-electron chi connectivity index (χ4n) is 1.40. The number of rotatable bonds is 6. The predicted molar refractivity (Wildman–Crippen MR) is 70.4 cm³/mol. The topological polar surface area (TPSA) is 72.3 Å². The van der Waals surface area contributed by atoms with E-state index in [1.807, 2.05) is 13.8 Å². The van der Waals surface area contributed by atoms with Crippen molar-refractivity contribution in [2.24, 2.45) is 0 Å². The monoisotopic (exact) mass is 270 g/mol. The maximum absolute atomic E-state index is 11.2. The zero-order valence-corrected chi connectivity index (χ0v) is 11.9. The number of ether oxygens (including phenoxy) is 1. The van der Waals surface area contributed by atoms with Crippen molar-refractivity contribution in [2.45, 2.75) is 31.7 Å². The Morgan fingerprint density at radius 3 is 2.61 bits per heavy atom. The Labute approximate surface area is 111 Å². The van der Waals surface area contributed by atoms with Gasteiger partial charge in [0.2, 0.25) is 0 Å². The van der Waals surface area contributed by atoms with Gasteiger partial charge in [0.25, 0.3) is 0 Å². The summed E-state index contributed by atoms with van der Waals surface area (Å²) in [5, 5.41) is 9.73. The molecule has 1 aromatic rings. The number of carboxylic acids is 1. The van der Waals surface area contributed by atoms with Crippen LogP contribution in [0.15, 0.2) is 5.03 Å². The molecule has 18 heavy (non-hydrogen) atoms. The van der Waals surface area contributed by atoms with Gasteiger partial charge in [0.15, 0.2) is 0 Å². The largest absolute Gasteiger partial charge is 0.478 e. The van der Waals surface area contributed by atoms with Crippen molar-refractivity contribution in [3.8, 4) is 0 Å². The third-order valence-corrected chi connectivity index (χ3v) is 3.27. The van der Waals surface area contributed by atoms with Crippen molar-refractivity contribution >= 4 is 17.7 Å². The molecule has 0 amide bonds. The second-order valence-corrected chi connectivity index (χ2v) is 5.23. The first kappa shape index (κ1) is 14.9. The number of nitrogens with zero attached hydrogens (tertiary/aromatic N) is 2. The maximum atomic E-state index is 11.2. The molecule has 5 nitrogen and oxygen atoms in total. The van der Waals surface area contributed by atoms with Crippen LogP contribution in [0.25, 0.3) is 0 Å². The highest BCUT2D eigenvalue weighted by molar-refractivity contribution is 7.99. The highest BCUT2D eigenvalue weighted by Gasteiger charge is 2.19. The van der Waals surface area contributed by atoms with E-state index in [-0.39, 0.29) is 11.5 Å². The second-order valence-electron chi connectivity index (χ2n) is 4.15. The summed E-state index contributed by atoms with van der Waals surface area (Å²) in [6, 6.07) is 0. The minimum absolute atomic E-state index is 0.174. The summed E-state index contributed by atoms with van der Waals surface area (Å²) in [5.41, 5.74) is 0.710. The number of hydrogen-bond acceptors (Lipinski definition) is 5. The van der Waals surface area contributed by atoms with Crippen molar-refractivity contribution in [1.29, 1.82) is 0 Å². The summed E-state index contributed by atoms with van der Waals surface area (Å²) < 4.78 is 4.96. The van der Waals surface area contributed by atoms with Gasteiger partial charge in [-0.15, -0.1) is 11.8 Å². The summed E-state index contributed by atoms with van der Waals surface area (Å²) in [4.78, 5) is 19.8. The van der Waals surface area contributed by atoms with Crippen molar-refractivity contribution in [3.05, 3.63) is 17.1 Å². The van der Waals surface area contributed by atoms with Gasteiger partial charge in [-0.25, -0.2) is 14.8 Å². The summed E-state index contributed by atoms with van der Waals surface area (Å²) in [7, 11) is 1.61. The lowest BCUT2D eigenvalue weighted by molar-refractivity contribution is 0.0690. The molecule has 1 N–H and O–H groups in total. The molecule has 1 aromatic heterocycles. The van der Waals surface area contributed by atoms with E-state index >= 15 is 0 Å². The molecule has 1 rings (SSSR count). The SMILES string of the molecule is COCCSc1nc(C(C)C)nc(C)c1C(=O)O. The van der Waals surface area contributed by atoms with Crippen molar-refractivity contribution in [3.63, 3.8) is 0 Å². The van der Waals surface area contributed by atoms with Gasteiger partial charge in [-0.3, -0.25) is 0 Å². The zero-order chi connectivity index (χ0) is 13.7. The van der Waals surface area contributed by atoms with E-state index in [0.717, 1.165) is 0 Å². The molecule has 0 aliphatic heterocycles. The Morgan fingerprint density at radius 2 is 2.11 bits per heavy atom. The lowest BCUT2D eigenvalue weighted by atomic mass is 10.2. The number of aromatic carboxylic acids is 1. The van der Waals surface area contributed by atoms with E-state index in [9.17, 15) is 9.90 Å². The van der Waals surface area contributed by atoms with Crippen LogP contribution in [0.4, 0.5) is 0 Å². The fraction of sp³-hybridized carbons (Fsp3) is 0.583. The zero-order valence-electron chi connectivity index (χ0n) is 11.1. The van der Waals surface area contributed by atoms with Crippen LogP contribution >= 0.6 is 11.8 Å². The summed E-state index contributed by atoms with van der Waals surface area (Å²) in [5.74, 6) is 0.540. The Bertz CT molecular complexity index is 436. The summed E-state index contributed by atoms with van der Waals surface area (Å²) in [6.07, 6.45) is 0. The standard InChI is InChI=1S/C12H18N2O3S/c1-7(2)10-13-8(3)9(12(15)16)11(14-10)18-6-5-17-4/h7H,5-6H2,1-4H3,(H,15,16). The molecular formula is C12H18N2O3S. The molecule has 0 aliphatic carbocycles. The number of thioether (sulfide) groups is 1. The first-order valence-electron chi connectivity index (χ1n) is 5.71. The van der Waals surface area contributed by atoms with E-state index in [1.165, 1.54) is 11.8 Å². The van der Waals surface area contributed by atoms with Crippen LogP contribution < -0.4 is 0 Å². The minimum atomic E-state index is -0.984. The van der Waals surface area contributed by atoms with Crippen LogP contribution in [0, 0.1) is 6.92 Å². The first-order valence-corrected chi connectivity index (χ1v) is 6.69. The molecule has 0 saturated carbocycles. The number of methoxy groups -OCH3 is 1. The Kier molecular flexibility index (Phi) is 5.55. The maximum Gasteiger partial charge on any atom is 0.340 e. The number of aryl methyl sites for hydroxylation is 1. The van der Waals surface area contributed by atoms with Crippen LogP contribution in [0.2, 0.25) is 0 Å². The highest BCUT2D eigenvalue weighted by atomic mass is 32.2. The van der Waals surface area contributed by atoms with Crippen LogP contribution in [-0.2, 0) is 4.74 Å². The second kappa shape index (κ2) is 6.70. The van der Waals surface area contributed by atoms with E-state index in [1.54, 1.807) is 14.0 Å². The average molecular weight is 270 g/mol. The van der Waals surface area contributed by atoms with Gasteiger partial charge < -0.3 is 9.84 Å². The van der Waals surface area contributed by atoms with Crippen LogP contribution in [0.1, 0.15) is 41.6 Å². The number of carbonyl (C=O) groups is 1. The van der Waals surface area contributed by atoms with Gasteiger partial charge in [-0.1, -0.05) is 13.8 Å². The Balaban J connectivity index is 3.12. The number of aromatic nitrogens is 2. The van der Waals surface area contributed by atoms with Crippen molar-refractivity contribution < 1.29 is 14.6 Å². The molecule has 0 bridgehead atoms. The van der Waals surface area contributed by atoms with E-state index in [4.69, 9.17) is 4.74 Å². The van der Waals surface area contributed by atoms with Crippen LogP contribution in [0.5, 0.6) is 0 Å². The lowest BCUT2D eigenvalue weighted by Crippen LogP contribution is -2.11. The summed E-state index contributed by atoms with van der Waals surface area (Å²) >= 11 is 1.39. The van der Waals surface area contributed by atoms with Crippen molar-refractivity contribution in [2.75, 3.05) is 19.5 Å². The van der Waals surface area contributed by atoms with E-state index < -0.39 is 5.97 Å². The van der Waals surface area contributed by atoms with Gasteiger partial charge in [0.05, 0.1) is 12.3 Å². The normalized spacial score (nSPS) is 10.9. The molecule has 1 heterocycles. The van der Waals surface area contributed by atoms with E-state index in [0.29, 0.717) is 28.9 Å². The van der Waals surface area contributed by atoms with Gasteiger partial charge >= 0.3 is 5.97 Å². The molecule has 0 spiro atoms. The van der Waals surface area contributed by atoms with E-state index in [2.05, 4.69) is 9.97 Å². The van der Waals surface area contributed by atoms with Gasteiger partial charge in [0.1, 0.15) is 16.4 Å². The molecule has 100 valence electrons. The summed E-state index contributed by atoms with van der Waals surface area (Å²) in [6.45, 7) is 6.23. The minimum Gasteiger partial charge on any atom is -0.478 e. The predicted octanol–water partition coefficient (Wildman–Crippen LogP) is 2.35. The molecule has 0 unspecified atom stereocenters. The number of hydrogen-bond donors (Lipinski definition) is 1. The third kappa shape index (κ3) is 3.68. The van der Waals surface area contributed by atoms with Gasteiger partial charge in [0, 0.05) is 18.8 Å². The van der Waals surface area contributed by atoms with Crippen molar-refractivity contribution in [1.82, 2.24) is 9.97 Å². The molecule has 0 atom stereocenters.